The fraction of sp³-hybridized carbons (Fsp3) is 0.333. The lowest BCUT2D eigenvalue weighted by Gasteiger charge is -2.14. The first-order valence-electron chi connectivity index (χ1n) is 7.80. The van der Waals surface area contributed by atoms with E-state index in [1.807, 2.05) is 49.9 Å². The molecule has 0 spiro atoms. The number of carbonyl (C=O) groups excluding carboxylic acids is 1. The van der Waals surface area contributed by atoms with E-state index >= 15 is 0 Å². The van der Waals surface area contributed by atoms with Crippen LogP contribution in [0.5, 0.6) is 0 Å². The Balaban J connectivity index is 1.73. The van der Waals surface area contributed by atoms with Crippen molar-refractivity contribution in [2.45, 2.75) is 27.3 Å². The molecule has 0 fully saturated rings. The first kappa shape index (κ1) is 15.3. The molecule has 3 rings (SSSR count). The van der Waals surface area contributed by atoms with Gasteiger partial charge >= 0.3 is 0 Å². The monoisotopic (exact) mass is 310 g/mol. The van der Waals surface area contributed by atoms with E-state index in [4.69, 9.17) is 0 Å². The van der Waals surface area contributed by atoms with Crippen molar-refractivity contribution in [1.29, 1.82) is 0 Å². The number of benzene rings is 1. The lowest BCUT2D eigenvalue weighted by molar-refractivity contribution is -0.119. The zero-order chi connectivity index (χ0) is 16.6. The molecule has 0 saturated carbocycles. The lowest BCUT2D eigenvalue weighted by Crippen LogP contribution is -2.24. The summed E-state index contributed by atoms with van der Waals surface area (Å²) in [6.07, 6.45) is 3.66. The molecule has 0 aliphatic carbocycles. The molecule has 1 unspecified atom stereocenters. The molecule has 23 heavy (non-hydrogen) atoms. The van der Waals surface area contributed by atoms with Gasteiger partial charge in [0.25, 0.3) is 0 Å². The first-order valence-corrected chi connectivity index (χ1v) is 7.80. The van der Waals surface area contributed by atoms with Crippen molar-refractivity contribution < 1.29 is 4.79 Å². The standard InChI is InChI=1S/C18H22N4O/c1-12(11-22-8-7-19-14(22)3)18(23)20-16-5-6-17-15(10-16)9-13(2)21(17)4/h5-10,12H,11H2,1-4H3,(H,20,23). The maximum absolute atomic E-state index is 12.4. The van der Waals surface area contributed by atoms with Crippen molar-refractivity contribution in [1.82, 2.24) is 14.1 Å². The molecule has 5 heteroatoms. The summed E-state index contributed by atoms with van der Waals surface area (Å²) in [5, 5.41) is 4.15. The van der Waals surface area contributed by atoms with Gasteiger partial charge in [-0.2, -0.15) is 0 Å². The molecular weight excluding hydrogens is 288 g/mol. The summed E-state index contributed by atoms with van der Waals surface area (Å²) in [7, 11) is 2.05. The topological polar surface area (TPSA) is 51.9 Å². The SMILES string of the molecule is Cc1nccn1CC(C)C(=O)Nc1ccc2c(c1)cc(C)n2C. The number of anilines is 1. The van der Waals surface area contributed by atoms with Gasteiger partial charge in [-0.05, 0) is 38.1 Å². The third kappa shape index (κ3) is 2.99. The molecule has 120 valence electrons. The molecule has 0 saturated heterocycles. The van der Waals surface area contributed by atoms with Crippen molar-refractivity contribution in [3.63, 3.8) is 0 Å². The quantitative estimate of drug-likeness (QED) is 0.804. The molecule has 1 atom stereocenters. The number of aryl methyl sites for hydroxylation is 3. The number of imidazole rings is 1. The summed E-state index contributed by atoms with van der Waals surface area (Å²) in [4.78, 5) is 16.6. The predicted molar refractivity (Wildman–Crippen MR) is 92.4 cm³/mol. The van der Waals surface area contributed by atoms with Crippen molar-refractivity contribution in [2.24, 2.45) is 13.0 Å². The minimum absolute atomic E-state index is 0.0186. The average molecular weight is 310 g/mol. The number of amides is 1. The fourth-order valence-electron chi connectivity index (χ4n) is 2.81. The Morgan fingerprint density at radius 3 is 2.78 bits per heavy atom. The molecule has 3 aromatic rings. The molecule has 2 heterocycles. The number of hydrogen-bond donors (Lipinski definition) is 1. The number of aromatic nitrogens is 3. The highest BCUT2D eigenvalue weighted by Crippen LogP contribution is 2.22. The van der Waals surface area contributed by atoms with Gasteiger partial charge in [-0.3, -0.25) is 4.79 Å². The smallest absolute Gasteiger partial charge is 0.229 e. The molecule has 0 aliphatic heterocycles. The molecule has 5 nitrogen and oxygen atoms in total. The van der Waals surface area contributed by atoms with Crippen LogP contribution in [0.3, 0.4) is 0 Å². The van der Waals surface area contributed by atoms with E-state index in [-0.39, 0.29) is 11.8 Å². The average Bonchev–Trinajstić information content (AvgIpc) is 3.03. The normalized spacial score (nSPS) is 12.5. The van der Waals surface area contributed by atoms with Gasteiger partial charge in [-0.25, -0.2) is 4.98 Å². The van der Waals surface area contributed by atoms with E-state index in [1.165, 1.54) is 11.2 Å². The maximum Gasteiger partial charge on any atom is 0.229 e. The Morgan fingerprint density at radius 1 is 1.30 bits per heavy atom. The van der Waals surface area contributed by atoms with E-state index in [2.05, 4.69) is 27.9 Å². The van der Waals surface area contributed by atoms with Crippen LogP contribution in [-0.2, 0) is 18.4 Å². The third-order valence-electron chi connectivity index (χ3n) is 4.39. The van der Waals surface area contributed by atoms with Crippen LogP contribution in [0.15, 0.2) is 36.7 Å². The van der Waals surface area contributed by atoms with Gasteiger partial charge in [0.15, 0.2) is 0 Å². The summed E-state index contributed by atoms with van der Waals surface area (Å²) in [5.41, 5.74) is 3.21. The van der Waals surface area contributed by atoms with Crippen molar-refractivity contribution in [2.75, 3.05) is 5.32 Å². The number of fused-ring (bicyclic) bond motifs is 1. The number of nitrogens with one attached hydrogen (secondary N) is 1. The summed E-state index contributed by atoms with van der Waals surface area (Å²) in [5.74, 6) is 0.812. The number of nitrogens with zero attached hydrogens (tertiary/aromatic N) is 3. The Labute approximate surface area is 135 Å². The van der Waals surface area contributed by atoms with Gasteiger partial charge in [0.1, 0.15) is 5.82 Å². The van der Waals surface area contributed by atoms with Gasteiger partial charge in [-0.1, -0.05) is 6.92 Å². The Kier molecular flexibility index (Phi) is 3.94. The Hall–Kier alpha value is -2.56. The molecular formula is C18H22N4O. The van der Waals surface area contributed by atoms with Gasteiger partial charge in [0.05, 0.1) is 5.92 Å². The lowest BCUT2D eigenvalue weighted by atomic mass is 10.1. The van der Waals surface area contributed by atoms with Crippen LogP contribution in [0.25, 0.3) is 10.9 Å². The molecule has 0 radical (unpaired) electrons. The Bertz CT molecular complexity index is 859. The summed E-state index contributed by atoms with van der Waals surface area (Å²) >= 11 is 0. The van der Waals surface area contributed by atoms with Crippen LogP contribution in [-0.4, -0.2) is 20.0 Å². The predicted octanol–water partition coefficient (Wildman–Crippen LogP) is 3.27. The summed E-state index contributed by atoms with van der Waals surface area (Å²) in [6, 6.07) is 8.15. The van der Waals surface area contributed by atoms with Crippen LogP contribution in [0, 0.1) is 19.8 Å². The highest BCUT2D eigenvalue weighted by Gasteiger charge is 2.15. The zero-order valence-electron chi connectivity index (χ0n) is 14.0. The van der Waals surface area contributed by atoms with E-state index in [0.717, 1.165) is 16.9 Å². The van der Waals surface area contributed by atoms with Crippen LogP contribution in [0.2, 0.25) is 0 Å². The van der Waals surface area contributed by atoms with Gasteiger partial charge in [0, 0.05) is 48.3 Å². The summed E-state index contributed by atoms with van der Waals surface area (Å²) < 4.78 is 4.14. The number of rotatable bonds is 4. The zero-order valence-corrected chi connectivity index (χ0v) is 14.0. The van der Waals surface area contributed by atoms with Crippen molar-refractivity contribution in [3.05, 3.63) is 48.2 Å². The second kappa shape index (κ2) is 5.91. The van der Waals surface area contributed by atoms with Gasteiger partial charge in [-0.15, -0.1) is 0 Å². The number of carbonyl (C=O) groups is 1. The molecule has 0 aliphatic rings. The minimum Gasteiger partial charge on any atom is -0.348 e. The van der Waals surface area contributed by atoms with Crippen LogP contribution in [0.1, 0.15) is 18.4 Å². The molecule has 1 aromatic carbocycles. The highest BCUT2D eigenvalue weighted by molar-refractivity contribution is 5.95. The van der Waals surface area contributed by atoms with Crippen LogP contribution in [0.4, 0.5) is 5.69 Å². The fourth-order valence-corrected chi connectivity index (χ4v) is 2.81. The molecule has 0 bridgehead atoms. The minimum atomic E-state index is -0.129. The first-order chi connectivity index (χ1) is 11.0. The van der Waals surface area contributed by atoms with Gasteiger partial charge < -0.3 is 14.5 Å². The summed E-state index contributed by atoms with van der Waals surface area (Å²) in [6.45, 7) is 6.58. The molecule has 1 amide bonds. The maximum atomic E-state index is 12.4. The van der Waals surface area contributed by atoms with E-state index in [1.54, 1.807) is 6.20 Å². The van der Waals surface area contributed by atoms with E-state index in [0.29, 0.717) is 6.54 Å². The van der Waals surface area contributed by atoms with Crippen molar-refractivity contribution in [3.8, 4) is 0 Å². The van der Waals surface area contributed by atoms with Gasteiger partial charge in [0.2, 0.25) is 5.91 Å². The second-order valence-corrected chi connectivity index (χ2v) is 6.14. The third-order valence-corrected chi connectivity index (χ3v) is 4.39. The van der Waals surface area contributed by atoms with E-state index < -0.39 is 0 Å². The molecule has 2 aromatic heterocycles. The number of hydrogen-bond acceptors (Lipinski definition) is 2. The highest BCUT2D eigenvalue weighted by atomic mass is 16.1. The Morgan fingerprint density at radius 2 is 2.09 bits per heavy atom. The van der Waals surface area contributed by atoms with Crippen LogP contribution >= 0.6 is 0 Å². The largest absolute Gasteiger partial charge is 0.348 e. The van der Waals surface area contributed by atoms with E-state index in [9.17, 15) is 4.79 Å². The molecule has 1 N–H and O–H groups in total. The second-order valence-electron chi connectivity index (χ2n) is 6.14. The van der Waals surface area contributed by atoms with Crippen LogP contribution < -0.4 is 5.32 Å². The van der Waals surface area contributed by atoms with Crippen molar-refractivity contribution >= 4 is 22.5 Å².